The van der Waals surface area contributed by atoms with Crippen LogP contribution in [0.15, 0.2) is 0 Å². The van der Waals surface area contributed by atoms with Crippen molar-refractivity contribution >= 4 is 0 Å². The second kappa shape index (κ2) is 4.17. The van der Waals surface area contributed by atoms with Crippen LogP contribution in [0, 0.1) is 5.92 Å². The Morgan fingerprint density at radius 3 is 2.79 bits per heavy atom. The molecule has 3 nitrogen and oxygen atoms in total. The van der Waals surface area contributed by atoms with Crippen molar-refractivity contribution in [3.63, 3.8) is 0 Å². The predicted molar refractivity (Wildman–Crippen MR) is 52.9 cm³/mol. The maximum Gasteiger partial charge on any atom is 0.158 e. The van der Waals surface area contributed by atoms with Crippen molar-refractivity contribution < 1.29 is 14.6 Å². The van der Waals surface area contributed by atoms with Crippen molar-refractivity contribution in [3.8, 4) is 0 Å². The smallest absolute Gasteiger partial charge is 0.158 e. The number of rotatable bonds is 3. The van der Waals surface area contributed by atoms with E-state index >= 15 is 0 Å². The highest BCUT2D eigenvalue weighted by Crippen LogP contribution is 2.41. The maximum absolute atomic E-state index is 8.94. The molecule has 2 aliphatic rings. The molecule has 2 rings (SSSR count). The van der Waals surface area contributed by atoms with Gasteiger partial charge in [0.2, 0.25) is 0 Å². The van der Waals surface area contributed by atoms with Crippen LogP contribution in [0.4, 0.5) is 0 Å². The second-order valence-corrected chi connectivity index (χ2v) is 4.82. The van der Waals surface area contributed by atoms with Crippen molar-refractivity contribution in [2.75, 3.05) is 13.2 Å². The van der Waals surface area contributed by atoms with E-state index in [1.807, 2.05) is 0 Å². The van der Waals surface area contributed by atoms with Gasteiger partial charge in [-0.3, -0.25) is 0 Å². The van der Waals surface area contributed by atoms with Crippen LogP contribution in [0.3, 0.4) is 0 Å². The lowest BCUT2D eigenvalue weighted by Crippen LogP contribution is -2.48. The van der Waals surface area contributed by atoms with Crippen LogP contribution < -0.4 is 0 Å². The van der Waals surface area contributed by atoms with Crippen molar-refractivity contribution in [1.29, 1.82) is 0 Å². The normalized spacial score (nSPS) is 43.3. The van der Waals surface area contributed by atoms with Crippen LogP contribution in [0.5, 0.6) is 0 Å². The molecule has 0 aromatic carbocycles. The molecule has 3 heteroatoms. The van der Waals surface area contributed by atoms with E-state index in [9.17, 15) is 0 Å². The van der Waals surface area contributed by atoms with E-state index in [0.29, 0.717) is 12.5 Å². The molecule has 1 atom stereocenters. The lowest BCUT2D eigenvalue weighted by Gasteiger charge is -2.46. The Labute approximate surface area is 85.4 Å². The molecule has 2 fully saturated rings. The first-order valence-corrected chi connectivity index (χ1v) is 5.62. The van der Waals surface area contributed by atoms with Crippen LogP contribution >= 0.6 is 0 Å². The monoisotopic (exact) mass is 200 g/mol. The summed E-state index contributed by atoms with van der Waals surface area (Å²) in [7, 11) is 0. The Morgan fingerprint density at radius 1 is 1.43 bits per heavy atom. The highest BCUT2D eigenvalue weighted by atomic mass is 16.7. The SMILES string of the molecule is C[C@]1(OC2CCCCO2)C[C@H](CO)C1. The Hall–Kier alpha value is -0.120. The topological polar surface area (TPSA) is 38.7 Å². The van der Waals surface area contributed by atoms with Crippen molar-refractivity contribution in [3.05, 3.63) is 0 Å². The Morgan fingerprint density at radius 2 is 2.21 bits per heavy atom. The second-order valence-electron chi connectivity index (χ2n) is 4.82. The molecule has 0 aromatic rings. The van der Waals surface area contributed by atoms with E-state index in [4.69, 9.17) is 14.6 Å². The van der Waals surface area contributed by atoms with Crippen molar-refractivity contribution in [2.24, 2.45) is 5.92 Å². The summed E-state index contributed by atoms with van der Waals surface area (Å²) in [5.41, 5.74) is -0.0323. The van der Waals surface area contributed by atoms with Gasteiger partial charge in [-0.25, -0.2) is 0 Å². The average molecular weight is 200 g/mol. The Bertz CT molecular complexity index is 181. The van der Waals surface area contributed by atoms with E-state index in [1.54, 1.807) is 0 Å². The number of aliphatic hydroxyl groups is 1. The zero-order valence-corrected chi connectivity index (χ0v) is 8.87. The highest BCUT2D eigenvalue weighted by molar-refractivity contribution is 4.92. The molecular weight excluding hydrogens is 180 g/mol. The standard InChI is InChI=1S/C11H20O3/c1-11(6-9(7-11)8-12)14-10-4-2-3-5-13-10/h9-10,12H,2-8H2,1H3/t9-,10?,11-. The van der Waals surface area contributed by atoms with E-state index in [1.165, 1.54) is 6.42 Å². The highest BCUT2D eigenvalue weighted by Gasteiger charge is 2.42. The molecule has 0 amide bonds. The summed E-state index contributed by atoms with van der Waals surface area (Å²) in [6, 6.07) is 0. The van der Waals surface area contributed by atoms with Crippen LogP contribution in [-0.4, -0.2) is 30.2 Å². The largest absolute Gasteiger partial charge is 0.396 e. The van der Waals surface area contributed by atoms with Gasteiger partial charge in [0.25, 0.3) is 0 Å². The molecule has 1 saturated heterocycles. The van der Waals surface area contributed by atoms with E-state index in [2.05, 4.69) is 6.92 Å². The van der Waals surface area contributed by atoms with Gasteiger partial charge in [-0.1, -0.05) is 0 Å². The molecule has 0 bridgehead atoms. The fourth-order valence-electron chi connectivity index (χ4n) is 2.51. The van der Waals surface area contributed by atoms with Gasteiger partial charge in [-0.2, -0.15) is 0 Å². The molecule has 14 heavy (non-hydrogen) atoms. The average Bonchev–Trinajstić information content (AvgIpc) is 2.15. The molecule has 1 saturated carbocycles. The first-order chi connectivity index (χ1) is 6.72. The van der Waals surface area contributed by atoms with Crippen LogP contribution in [0.25, 0.3) is 0 Å². The van der Waals surface area contributed by atoms with Gasteiger partial charge in [-0.05, 0) is 44.9 Å². The van der Waals surface area contributed by atoms with Crippen molar-refractivity contribution in [2.45, 2.75) is 50.9 Å². The fourth-order valence-corrected chi connectivity index (χ4v) is 2.51. The first kappa shape index (κ1) is 10.4. The third-order valence-corrected chi connectivity index (χ3v) is 3.25. The van der Waals surface area contributed by atoms with Gasteiger partial charge in [0.05, 0.1) is 5.60 Å². The molecule has 82 valence electrons. The van der Waals surface area contributed by atoms with E-state index < -0.39 is 0 Å². The Balaban J connectivity index is 1.74. The van der Waals surface area contributed by atoms with E-state index in [-0.39, 0.29) is 11.9 Å². The van der Waals surface area contributed by atoms with Gasteiger partial charge in [0, 0.05) is 13.2 Å². The molecule has 0 aromatic heterocycles. The summed E-state index contributed by atoms with van der Waals surface area (Å²) in [5, 5.41) is 8.94. The van der Waals surface area contributed by atoms with Gasteiger partial charge in [0.1, 0.15) is 0 Å². The summed E-state index contributed by atoms with van der Waals surface area (Å²) in [5.74, 6) is 0.448. The van der Waals surface area contributed by atoms with Crippen LogP contribution in [-0.2, 0) is 9.47 Å². The number of aliphatic hydroxyl groups excluding tert-OH is 1. The molecule has 0 radical (unpaired) electrons. The molecule has 1 aliphatic heterocycles. The quantitative estimate of drug-likeness (QED) is 0.753. The Kier molecular flexibility index (Phi) is 3.10. The molecule has 1 N–H and O–H groups in total. The summed E-state index contributed by atoms with van der Waals surface area (Å²) >= 11 is 0. The van der Waals surface area contributed by atoms with Crippen LogP contribution in [0.1, 0.15) is 39.0 Å². The molecule has 0 spiro atoms. The van der Waals surface area contributed by atoms with Crippen molar-refractivity contribution in [1.82, 2.24) is 0 Å². The lowest BCUT2D eigenvalue weighted by atomic mass is 9.72. The minimum atomic E-state index is -0.0323. The molecule has 1 heterocycles. The third-order valence-electron chi connectivity index (χ3n) is 3.25. The third kappa shape index (κ3) is 2.27. The summed E-state index contributed by atoms with van der Waals surface area (Å²) in [6.45, 7) is 3.26. The molecule has 1 aliphatic carbocycles. The lowest BCUT2D eigenvalue weighted by molar-refractivity contribution is -0.252. The zero-order chi connectivity index (χ0) is 10.0. The number of hydrogen-bond acceptors (Lipinski definition) is 3. The fraction of sp³-hybridized carbons (Fsp3) is 1.00. The number of hydrogen-bond donors (Lipinski definition) is 1. The summed E-state index contributed by atoms with van der Waals surface area (Å²) < 4.78 is 11.4. The van der Waals surface area contributed by atoms with Gasteiger partial charge >= 0.3 is 0 Å². The van der Waals surface area contributed by atoms with Gasteiger partial charge < -0.3 is 14.6 Å². The van der Waals surface area contributed by atoms with Crippen LogP contribution in [0.2, 0.25) is 0 Å². The molecular formula is C11H20O3. The summed E-state index contributed by atoms with van der Waals surface area (Å²) in [6.07, 6.45) is 5.36. The van der Waals surface area contributed by atoms with Gasteiger partial charge in [0.15, 0.2) is 6.29 Å². The number of ether oxygens (including phenoxy) is 2. The van der Waals surface area contributed by atoms with Gasteiger partial charge in [-0.15, -0.1) is 0 Å². The zero-order valence-electron chi connectivity index (χ0n) is 8.87. The predicted octanol–water partition coefficient (Wildman–Crippen LogP) is 1.69. The minimum absolute atomic E-state index is 0.00777. The molecule has 1 unspecified atom stereocenters. The maximum atomic E-state index is 8.94. The van der Waals surface area contributed by atoms with E-state index in [0.717, 1.165) is 32.3 Å². The first-order valence-electron chi connectivity index (χ1n) is 5.62. The summed E-state index contributed by atoms with van der Waals surface area (Å²) in [4.78, 5) is 0. The minimum Gasteiger partial charge on any atom is -0.396 e.